The lowest BCUT2D eigenvalue weighted by Crippen LogP contribution is -2.28. The Bertz CT molecular complexity index is 921. The first-order valence-corrected chi connectivity index (χ1v) is 8.46. The number of anilines is 2. The second-order valence-corrected chi connectivity index (χ2v) is 6.63. The van der Waals surface area contributed by atoms with Gasteiger partial charge in [0.15, 0.2) is 11.5 Å². The highest BCUT2D eigenvalue weighted by atomic mass is 79.9. The zero-order valence-corrected chi connectivity index (χ0v) is 15.6. The van der Waals surface area contributed by atoms with Gasteiger partial charge in [-0.2, -0.15) is 15.2 Å². The molecule has 1 heterocycles. The van der Waals surface area contributed by atoms with Crippen LogP contribution in [-0.2, 0) is 4.79 Å². The van der Waals surface area contributed by atoms with Crippen LogP contribution in [0.5, 0.6) is 5.75 Å². The third kappa shape index (κ3) is 3.28. The molecule has 1 aliphatic rings. The average molecular weight is 401 g/mol. The highest BCUT2D eigenvalue weighted by molar-refractivity contribution is 9.10. The quantitative estimate of drug-likeness (QED) is 0.604. The van der Waals surface area contributed by atoms with Gasteiger partial charge in [-0.05, 0) is 72.1 Å². The summed E-state index contributed by atoms with van der Waals surface area (Å²) in [6, 6.07) is 10.9. The monoisotopic (exact) mass is 400 g/mol. The number of aromatic hydroxyl groups is 1. The number of carbonyl (C=O) groups excluding carboxylic acids is 1. The Morgan fingerprint density at radius 1 is 1.16 bits per heavy atom. The highest BCUT2D eigenvalue weighted by Gasteiger charge is 2.31. The fourth-order valence-electron chi connectivity index (χ4n) is 2.38. The van der Waals surface area contributed by atoms with E-state index in [0.29, 0.717) is 21.6 Å². The molecule has 0 bridgehead atoms. The van der Waals surface area contributed by atoms with E-state index in [-0.39, 0.29) is 17.4 Å². The first kappa shape index (κ1) is 17.2. The molecule has 0 unspecified atom stereocenters. The maximum absolute atomic E-state index is 12.7. The number of hydrogen-bond donors (Lipinski definition) is 2. The largest absolute Gasteiger partial charge is 0.505 e. The number of amides is 1. The van der Waals surface area contributed by atoms with Crippen molar-refractivity contribution >= 4 is 44.6 Å². The van der Waals surface area contributed by atoms with Crippen LogP contribution in [0.2, 0.25) is 0 Å². The van der Waals surface area contributed by atoms with E-state index in [9.17, 15) is 9.90 Å². The fourth-order valence-corrected chi connectivity index (χ4v) is 2.75. The van der Waals surface area contributed by atoms with Gasteiger partial charge < -0.3 is 5.11 Å². The van der Waals surface area contributed by atoms with E-state index >= 15 is 0 Å². The van der Waals surface area contributed by atoms with Crippen molar-refractivity contribution in [3.05, 3.63) is 52.0 Å². The Hall–Kier alpha value is -2.67. The summed E-state index contributed by atoms with van der Waals surface area (Å²) in [6.45, 7) is 5.73. The van der Waals surface area contributed by atoms with Crippen LogP contribution in [0.4, 0.5) is 11.4 Å². The second kappa shape index (κ2) is 6.68. The van der Waals surface area contributed by atoms with E-state index in [2.05, 4.69) is 31.6 Å². The molecular weight excluding hydrogens is 384 g/mol. The van der Waals surface area contributed by atoms with Crippen LogP contribution >= 0.6 is 15.9 Å². The normalized spacial score (nSPS) is 15.7. The summed E-state index contributed by atoms with van der Waals surface area (Å²) in [7, 11) is 0. The molecule has 0 atom stereocenters. The van der Waals surface area contributed by atoms with Gasteiger partial charge in [-0.15, -0.1) is 0 Å². The SMILES string of the molecule is CC1=NN(c2ccc(C)c(C)c2)C(=O)/C1=N/Nc1cccc(Br)c1O. The molecule has 0 saturated heterocycles. The summed E-state index contributed by atoms with van der Waals surface area (Å²) in [4.78, 5) is 12.7. The van der Waals surface area contributed by atoms with Gasteiger partial charge in [0.25, 0.3) is 0 Å². The molecule has 0 saturated carbocycles. The lowest BCUT2D eigenvalue weighted by atomic mass is 10.1. The summed E-state index contributed by atoms with van der Waals surface area (Å²) in [5.41, 5.74) is 6.77. The first-order chi connectivity index (χ1) is 11.9. The minimum atomic E-state index is -0.317. The summed E-state index contributed by atoms with van der Waals surface area (Å²) in [6.07, 6.45) is 0. The number of carbonyl (C=O) groups is 1. The van der Waals surface area contributed by atoms with Gasteiger partial charge in [0, 0.05) is 0 Å². The van der Waals surface area contributed by atoms with Crippen molar-refractivity contribution < 1.29 is 9.90 Å². The number of para-hydroxylation sites is 1. The molecule has 2 N–H and O–H groups in total. The Labute approximate surface area is 154 Å². The predicted molar refractivity (Wildman–Crippen MR) is 103 cm³/mol. The molecule has 0 aromatic heterocycles. The minimum Gasteiger partial charge on any atom is -0.505 e. The van der Waals surface area contributed by atoms with Gasteiger partial charge in [0.05, 0.1) is 21.6 Å². The number of phenolic OH excluding ortho intramolecular Hbond substituents is 1. The Morgan fingerprint density at radius 3 is 2.64 bits per heavy atom. The zero-order valence-electron chi connectivity index (χ0n) is 14.0. The topological polar surface area (TPSA) is 77.3 Å². The van der Waals surface area contributed by atoms with Crippen LogP contribution in [0.1, 0.15) is 18.1 Å². The Kier molecular flexibility index (Phi) is 4.59. The van der Waals surface area contributed by atoms with Crippen LogP contribution in [0.25, 0.3) is 0 Å². The summed E-state index contributed by atoms with van der Waals surface area (Å²) in [5.74, 6) is -0.291. The van der Waals surface area contributed by atoms with E-state index in [1.54, 1.807) is 25.1 Å². The molecule has 6 nitrogen and oxygen atoms in total. The number of hydrogen-bond acceptors (Lipinski definition) is 5. The van der Waals surface area contributed by atoms with E-state index in [4.69, 9.17) is 0 Å². The maximum Gasteiger partial charge on any atom is 0.301 e. The third-order valence-electron chi connectivity index (χ3n) is 4.00. The van der Waals surface area contributed by atoms with Gasteiger partial charge >= 0.3 is 5.91 Å². The number of halogens is 1. The number of benzene rings is 2. The lowest BCUT2D eigenvalue weighted by Gasteiger charge is -2.13. The van der Waals surface area contributed by atoms with Crippen LogP contribution in [0.15, 0.2) is 51.1 Å². The third-order valence-corrected chi connectivity index (χ3v) is 4.64. The van der Waals surface area contributed by atoms with Crippen LogP contribution in [0.3, 0.4) is 0 Å². The number of phenols is 1. The van der Waals surface area contributed by atoms with Crippen molar-refractivity contribution in [3.63, 3.8) is 0 Å². The molecule has 128 valence electrons. The van der Waals surface area contributed by atoms with Crippen LogP contribution < -0.4 is 10.4 Å². The van der Waals surface area contributed by atoms with Crippen molar-refractivity contribution in [3.8, 4) is 5.75 Å². The standard InChI is InChI=1S/C18H17BrN4O2/c1-10-7-8-13(9-11(10)2)23-18(25)16(12(3)22-23)21-20-15-6-4-5-14(19)17(15)24/h4-9,20,24H,1-3H3/b21-16+. The summed E-state index contributed by atoms with van der Waals surface area (Å²) >= 11 is 3.24. The van der Waals surface area contributed by atoms with Crippen molar-refractivity contribution in [2.24, 2.45) is 10.2 Å². The van der Waals surface area contributed by atoms with Crippen molar-refractivity contribution in [1.29, 1.82) is 0 Å². The molecule has 7 heteroatoms. The van der Waals surface area contributed by atoms with E-state index in [1.165, 1.54) is 5.01 Å². The number of aryl methyl sites for hydroxylation is 2. The minimum absolute atomic E-state index is 0.0258. The van der Waals surface area contributed by atoms with Gasteiger partial charge in [-0.25, -0.2) is 0 Å². The second-order valence-electron chi connectivity index (χ2n) is 5.78. The Morgan fingerprint density at radius 2 is 1.92 bits per heavy atom. The predicted octanol–water partition coefficient (Wildman–Crippen LogP) is 3.96. The molecule has 2 aromatic rings. The van der Waals surface area contributed by atoms with Crippen molar-refractivity contribution in [2.75, 3.05) is 10.4 Å². The molecule has 1 amide bonds. The number of nitrogens with zero attached hydrogens (tertiary/aromatic N) is 3. The molecule has 2 aromatic carbocycles. The molecule has 25 heavy (non-hydrogen) atoms. The molecule has 1 aliphatic heterocycles. The molecule has 3 rings (SSSR count). The first-order valence-electron chi connectivity index (χ1n) is 7.67. The average Bonchev–Trinajstić information content (AvgIpc) is 2.86. The Balaban J connectivity index is 1.87. The van der Waals surface area contributed by atoms with Gasteiger partial charge in [-0.1, -0.05) is 12.1 Å². The van der Waals surface area contributed by atoms with E-state index in [1.807, 2.05) is 32.0 Å². The molecular formula is C18H17BrN4O2. The van der Waals surface area contributed by atoms with Crippen molar-refractivity contribution in [1.82, 2.24) is 0 Å². The van der Waals surface area contributed by atoms with Crippen molar-refractivity contribution in [2.45, 2.75) is 20.8 Å². The summed E-state index contributed by atoms with van der Waals surface area (Å²) < 4.78 is 0.539. The maximum atomic E-state index is 12.7. The molecule has 0 spiro atoms. The fraction of sp³-hybridized carbons (Fsp3) is 0.167. The van der Waals surface area contributed by atoms with E-state index in [0.717, 1.165) is 11.1 Å². The zero-order chi connectivity index (χ0) is 18.1. The number of hydrazone groups is 2. The van der Waals surface area contributed by atoms with Crippen LogP contribution in [0, 0.1) is 13.8 Å². The molecule has 0 aliphatic carbocycles. The molecule has 0 fully saturated rings. The van der Waals surface area contributed by atoms with E-state index < -0.39 is 0 Å². The van der Waals surface area contributed by atoms with Gasteiger partial charge in [-0.3, -0.25) is 10.2 Å². The van der Waals surface area contributed by atoms with Crippen LogP contribution in [-0.4, -0.2) is 22.4 Å². The number of nitrogens with one attached hydrogen (secondary N) is 1. The highest BCUT2D eigenvalue weighted by Crippen LogP contribution is 2.31. The lowest BCUT2D eigenvalue weighted by molar-refractivity contribution is -0.112. The summed E-state index contributed by atoms with van der Waals surface area (Å²) in [5, 5.41) is 19.8. The van der Waals surface area contributed by atoms with Gasteiger partial charge in [0.2, 0.25) is 0 Å². The molecule has 0 radical (unpaired) electrons. The number of rotatable bonds is 3. The van der Waals surface area contributed by atoms with Gasteiger partial charge in [0.1, 0.15) is 0 Å². The smallest absolute Gasteiger partial charge is 0.301 e.